The molecule has 1 aliphatic heterocycles. The van der Waals surface area contributed by atoms with E-state index in [-0.39, 0.29) is 0 Å². The summed E-state index contributed by atoms with van der Waals surface area (Å²) in [7, 11) is 0. The third kappa shape index (κ3) is 16.6. The van der Waals surface area contributed by atoms with Crippen molar-refractivity contribution in [1.82, 2.24) is 0 Å². The van der Waals surface area contributed by atoms with Gasteiger partial charge in [0.15, 0.2) is 0 Å². The van der Waals surface area contributed by atoms with Crippen molar-refractivity contribution < 1.29 is 9.47 Å². The molecule has 1 aliphatic rings. The number of ether oxygens (including phenoxy) is 2. The molecule has 1 saturated heterocycles. The van der Waals surface area contributed by atoms with Crippen molar-refractivity contribution in [2.75, 3.05) is 19.8 Å². The summed E-state index contributed by atoms with van der Waals surface area (Å²) in [6.45, 7) is 8.97. The van der Waals surface area contributed by atoms with E-state index in [4.69, 9.17) is 9.47 Å². The second-order valence-corrected chi connectivity index (χ2v) is 6.60. The van der Waals surface area contributed by atoms with Crippen LogP contribution in [0.2, 0.25) is 0 Å². The molecule has 0 radical (unpaired) electrons. The maximum atomic E-state index is 5.73. The molecule has 0 aliphatic carbocycles. The lowest BCUT2D eigenvalue weighted by Crippen LogP contribution is -2.24. The van der Waals surface area contributed by atoms with Crippen LogP contribution in [0.1, 0.15) is 111 Å². The van der Waals surface area contributed by atoms with Gasteiger partial charge in [0.2, 0.25) is 0 Å². The molecule has 2 nitrogen and oxygen atoms in total. The Bertz CT molecular complexity index is 200. The Balaban J connectivity index is 0.00000232. The van der Waals surface area contributed by atoms with Crippen molar-refractivity contribution in [1.29, 1.82) is 0 Å². The van der Waals surface area contributed by atoms with Gasteiger partial charge < -0.3 is 9.47 Å². The van der Waals surface area contributed by atoms with Gasteiger partial charge in [-0.25, -0.2) is 0 Å². The maximum Gasteiger partial charge on any atom is 0.0808 e. The summed E-state index contributed by atoms with van der Waals surface area (Å²) >= 11 is 0. The van der Waals surface area contributed by atoms with E-state index in [9.17, 15) is 0 Å². The molecule has 1 rings (SSSR count). The van der Waals surface area contributed by atoms with E-state index in [1.807, 2.05) is 13.8 Å². The van der Waals surface area contributed by atoms with Gasteiger partial charge in [0, 0.05) is 13.2 Å². The summed E-state index contributed by atoms with van der Waals surface area (Å²) in [5.41, 5.74) is 0. The highest BCUT2D eigenvalue weighted by molar-refractivity contribution is 4.62. The molecule has 0 bridgehead atoms. The van der Waals surface area contributed by atoms with Gasteiger partial charge in [-0.3, -0.25) is 0 Å². The summed E-state index contributed by atoms with van der Waals surface area (Å²) < 4.78 is 11.4. The van der Waals surface area contributed by atoms with Gasteiger partial charge >= 0.3 is 0 Å². The second kappa shape index (κ2) is 20.0. The minimum atomic E-state index is 0.381. The van der Waals surface area contributed by atoms with Gasteiger partial charge in [0.1, 0.15) is 0 Å². The number of hydrogen-bond donors (Lipinski definition) is 0. The monoisotopic (exact) mass is 328 g/mol. The molecule has 1 atom stereocenters. The van der Waals surface area contributed by atoms with Crippen LogP contribution >= 0.6 is 0 Å². The first-order valence-corrected chi connectivity index (χ1v) is 10.6. The molecule has 0 spiro atoms. The average Bonchev–Trinajstić information content (AvgIpc) is 2.61. The SMILES string of the molecule is CC.CCCCCCCCCCCCCOCC1CCCCO1. The number of hydrogen-bond acceptors (Lipinski definition) is 2. The molecule has 0 aromatic heterocycles. The lowest BCUT2D eigenvalue weighted by Gasteiger charge is -2.22. The lowest BCUT2D eigenvalue weighted by atomic mass is 10.1. The fourth-order valence-electron chi connectivity index (χ4n) is 3.02. The highest BCUT2D eigenvalue weighted by Crippen LogP contribution is 2.13. The highest BCUT2D eigenvalue weighted by atomic mass is 16.5. The molecule has 1 unspecified atom stereocenters. The van der Waals surface area contributed by atoms with Gasteiger partial charge in [-0.2, -0.15) is 0 Å². The van der Waals surface area contributed by atoms with Crippen LogP contribution in [0.15, 0.2) is 0 Å². The predicted molar refractivity (Wildman–Crippen MR) is 102 cm³/mol. The highest BCUT2D eigenvalue weighted by Gasteiger charge is 2.13. The Labute approximate surface area is 146 Å². The fraction of sp³-hybridized carbons (Fsp3) is 1.00. The van der Waals surface area contributed by atoms with Crippen LogP contribution in [0, 0.1) is 0 Å². The Hall–Kier alpha value is -0.0800. The topological polar surface area (TPSA) is 18.5 Å². The van der Waals surface area contributed by atoms with Crippen LogP contribution in [0.25, 0.3) is 0 Å². The fourth-order valence-corrected chi connectivity index (χ4v) is 3.02. The van der Waals surface area contributed by atoms with Gasteiger partial charge in [-0.05, 0) is 25.7 Å². The first kappa shape index (κ1) is 22.9. The van der Waals surface area contributed by atoms with E-state index in [2.05, 4.69) is 6.92 Å². The Morgan fingerprint density at radius 1 is 0.783 bits per heavy atom. The van der Waals surface area contributed by atoms with Crippen molar-refractivity contribution in [2.24, 2.45) is 0 Å². The second-order valence-electron chi connectivity index (χ2n) is 6.60. The molecule has 0 aromatic carbocycles. The van der Waals surface area contributed by atoms with E-state index in [0.29, 0.717) is 6.10 Å². The van der Waals surface area contributed by atoms with Crippen LogP contribution in [0.3, 0.4) is 0 Å². The summed E-state index contributed by atoms with van der Waals surface area (Å²) in [5.74, 6) is 0. The minimum absolute atomic E-state index is 0.381. The molecular formula is C21H44O2. The third-order valence-corrected chi connectivity index (χ3v) is 4.47. The van der Waals surface area contributed by atoms with Crippen LogP contribution in [-0.2, 0) is 9.47 Å². The zero-order chi connectivity index (χ0) is 17.0. The average molecular weight is 329 g/mol. The largest absolute Gasteiger partial charge is 0.379 e. The molecule has 23 heavy (non-hydrogen) atoms. The van der Waals surface area contributed by atoms with Gasteiger partial charge in [-0.15, -0.1) is 0 Å². The van der Waals surface area contributed by atoms with E-state index < -0.39 is 0 Å². The van der Waals surface area contributed by atoms with E-state index in [1.165, 1.54) is 89.9 Å². The summed E-state index contributed by atoms with van der Waals surface area (Å²) in [6.07, 6.45) is 19.5. The van der Waals surface area contributed by atoms with Crippen molar-refractivity contribution in [3.63, 3.8) is 0 Å². The molecule has 0 aromatic rings. The van der Waals surface area contributed by atoms with Gasteiger partial charge in [0.25, 0.3) is 0 Å². The molecule has 1 heterocycles. The lowest BCUT2D eigenvalue weighted by molar-refractivity contribution is -0.0411. The first-order valence-electron chi connectivity index (χ1n) is 10.6. The summed E-state index contributed by atoms with van der Waals surface area (Å²) in [4.78, 5) is 0. The van der Waals surface area contributed by atoms with Crippen molar-refractivity contribution in [3.05, 3.63) is 0 Å². The Morgan fingerprint density at radius 3 is 1.87 bits per heavy atom. The third-order valence-electron chi connectivity index (χ3n) is 4.47. The smallest absolute Gasteiger partial charge is 0.0808 e. The quantitative estimate of drug-likeness (QED) is 0.322. The van der Waals surface area contributed by atoms with Gasteiger partial charge in [0.05, 0.1) is 12.7 Å². The summed E-state index contributed by atoms with van der Waals surface area (Å²) in [6, 6.07) is 0. The van der Waals surface area contributed by atoms with Crippen LogP contribution in [0.4, 0.5) is 0 Å². The zero-order valence-corrected chi connectivity index (χ0v) is 16.4. The van der Waals surface area contributed by atoms with Gasteiger partial charge in [-0.1, -0.05) is 85.0 Å². The van der Waals surface area contributed by atoms with Crippen molar-refractivity contribution in [2.45, 2.75) is 117 Å². The zero-order valence-electron chi connectivity index (χ0n) is 16.4. The van der Waals surface area contributed by atoms with E-state index >= 15 is 0 Å². The first-order chi connectivity index (χ1) is 11.4. The normalized spacial score (nSPS) is 17.6. The number of unbranched alkanes of at least 4 members (excludes halogenated alkanes) is 10. The van der Waals surface area contributed by atoms with Crippen molar-refractivity contribution >= 4 is 0 Å². The summed E-state index contributed by atoms with van der Waals surface area (Å²) in [5, 5.41) is 0. The standard InChI is InChI=1S/C19H38O2.C2H6/c1-2-3-4-5-6-7-8-9-10-11-13-16-20-18-19-15-12-14-17-21-19;1-2/h19H,2-18H2,1H3;1-2H3. The molecule has 0 N–H and O–H groups in total. The van der Waals surface area contributed by atoms with Crippen LogP contribution in [-0.4, -0.2) is 25.9 Å². The molecular weight excluding hydrogens is 284 g/mol. The maximum absolute atomic E-state index is 5.73. The van der Waals surface area contributed by atoms with Crippen LogP contribution < -0.4 is 0 Å². The molecule has 0 amide bonds. The predicted octanol–water partition coefficient (Wildman–Crippen LogP) is 6.91. The van der Waals surface area contributed by atoms with Crippen LogP contribution in [0.5, 0.6) is 0 Å². The van der Waals surface area contributed by atoms with E-state index in [1.54, 1.807) is 0 Å². The molecule has 0 saturated carbocycles. The molecule has 140 valence electrons. The Morgan fingerprint density at radius 2 is 1.35 bits per heavy atom. The molecule has 1 fully saturated rings. The van der Waals surface area contributed by atoms with Crippen molar-refractivity contribution in [3.8, 4) is 0 Å². The minimum Gasteiger partial charge on any atom is -0.379 e. The van der Waals surface area contributed by atoms with E-state index in [0.717, 1.165) is 19.8 Å². The Kier molecular flexibility index (Phi) is 19.9. The number of rotatable bonds is 14. The molecule has 2 heteroatoms.